The van der Waals surface area contributed by atoms with Gasteiger partial charge in [-0.15, -0.1) is 0 Å². The molecule has 0 aromatic carbocycles. The second-order valence-electron chi connectivity index (χ2n) is 2.66. The van der Waals surface area contributed by atoms with Crippen LogP contribution in [-0.2, 0) is 0 Å². The van der Waals surface area contributed by atoms with E-state index in [0.29, 0.717) is 5.25 Å². The Hall–Kier alpha value is -0.0700. The van der Waals surface area contributed by atoms with Crippen molar-refractivity contribution in [2.24, 2.45) is 0 Å². The third kappa shape index (κ3) is 8.03. The minimum Gasteiger partial charge on any atom is -0.464 e. The summed E-state index contributed by atoms with van der Waals surface area (Å²) in [5.74, 6) is 0. The fraction of sp³-hybridized carbons (Fsp3) is 0.833. The zero-order valence-electron chi connectivity index (χ0n) is 7.40. The van der Waals surface area contributed by atoms with E-state index in [4.69, 9.17) is 5.11 Å². The molecule has 0 aromatic rings. The molecule has 1 atom stereocenters. The van der Waals surface area contributed by atoms with Crippen LogP contribution in [0.25, 0.3) is 0 Å². The number of rotatable bonds is 5. The van der Waals surface area contributed by atoms with Crippen molar-refractivity contribution in [2.45, 2.75) is 12.2 Å². The van der Waals surface area contributed by atoms with E-state index >= 15 is 0 Å². The Labute approximate surface area is 80.6 Å². The standard InChI is InChI=1S/C6H14N2O2S2/c1-5(4-8(2)3)11-12-7-6(9)10/h5,7H,4H2,1-3H3,(H,9,10). The molecule has 0 aliphatic heterocycles. The molecule has 2 N–H and O–H groups in total. The topological polar surface area (TPSA) is 52.6 Å². The maximum Gasteiger partial charge on any atom is 0.415 e. The highest BCUT2D eigenvalue weighted by atomic mass is 33.1. The Morgan fingerprint density at radius 1 is 1.67 bits per heavy atom. The van der Waals surface area contributed by atoms with Gasteiger partial charge in [0.25, 0.3) is 0 Å². The fourth-order valence-corrected chi connectivity index (χ4v) is 2.36. The average molecular weight is 210 g/mol. The largest absolute Gasteiger partial charge is 0.464 e. The predicted octanol–water partition coefficient (Wildman–Crippen LogP) is 1.50. The van der Waals surface area contributed by atoms with Crippen LogP contribution in [0.5, 0.6) is 0 Å². The smallest absolute Gasteiger partial charge is 0.415 e. The van der Waals surface area contributed by atoms with E-state index in [1.54, 1.807) is 0 Å². The van der Waals surface area contributed by atoms with Gasteiger partial charge < -0.3 is 10.0 Å². The molecule has 1 amide bonds. The Bertz CT molecular complexity index is 144. The van der Waals surface area contributed by atoms with Crippen LogP contribution < -0.4 is 4.72 Å². The lowest BCUT2D eigenvalue weighted by atomic mass is 10.4. The molecule has 0 aliphatic rings. The Morgan fingerprint density at radius 2 is 2.25 bits per heavy atom. The molecule has 4 nitrogen and oxygen atoms in total. The van der Waals surface area contributed by atoms with Crippen LogP contribution in [0.1, 0.15) is 6.92 Å². The molecule has 0 aliphatic carbocycles. The second kappa shape index (κ2) is 6.45. The van der Waals surface area contributed by atoms with Crippen molar-refractivity contribution in [3.63, 3.8) is 0 Å². The van der Waals surface area contributed by atoms with E-state index in [9.17, 15) is 4.79 Å². The summed E-state index contributed by atoms with van der Waals surface area (Å²) in [7, 11) is 6.65. The van der Waals surface area contributed by atoms with Gasteiger partial charge in [0.15, 0.2) is 0 Å². The first kappa shape index (κ1) is 11.9. The van der Waals surface area contributed by atoms with Crippen LogP contribution in [0.2, 0.25) is 0 Å². The number of nitrogens with one attached hydrogen (secondary N) is 1. The number of hydrogen-bond donors (Lipinski definition) is 2. The first-order valence-electron chi connectivity index (χ1n) is 3.48. The van der Waals surface area contributed by atoms with Crippen molar-refractivity contribution in [3.05, 3.63) is 0 Å². The third-order valence-electron chi connectivity index (χ3n) is 0.964. The molecular weight excluding hydrogens is 196 g/mol. The summed E-state index contributed by atoms with van der Waals surface area (Å²) in [5.41, 5.74) is 0. The first-order valence-corrected chi connectivity index (χ1v) is 5.69. The van der Waals surface area contributed by atoms with E-state index < -0.39 is 6.09 Å². The highest BCUT2D eigenvalue weighted by Crippen LogP contribution is 2.23. The van der Waals surface area contributed by atoms with Gasteiger partial charge in [-0.3, -0.25) is 4.72 Å². The number of nitrogens with zero attached hydrogens (tertiary/aromatic N) is 1. The molecule has 0 heterocycles. The molecule has 0 radical (unpaired) electrons. The molecule has 0 saturated carbocycles. The lowest BCUT2D eigenvalue weighted by molar-refractivity contribution is 0.202. The van der Waals surface area contributed by atoms with Crippen LogP contribution in [0.15, 0.2) is 0 Å². The van der Waals surface area contributed by atoms with E-state index in [0.717, 1.165) is 17.5 Å². The van der Waals surface area contributed by atoms with Gasteiger partial charge in [0.1, 0.15) is 0 Å². The number of hydrogen-bond acceptors (Lipinski definition) is 4. The molecule has 0 aromatic heterocycles. The second-order valence-corrected chi connectivity index (χ2v) is 5.10. The first-order chi connectivity index (χ1) is 5.52. The van der Waals surface area contributed by atoms with Crippen molar-refractivity contribution >= 4 is 27.9 Å². The zero-order chi connectivity index (χ0) is 9.56. The molecule has 0 bridgehead atoms. The van der Waals surface area contributed by atoms with Crippen LogP contribution in [0, 0.1) is 0 Å². The van der Waals surface area contributed by atoms with E-state index in [2.05, 4.69) is 16.5 Å². The maximum absolute atomic E-state index is 10.0. The number of amides is 1. The minimum absolute atomic E-state index is 0.414. The van der Waals surface area contributed by atoms with Gasteiger partial charge in [0, 0.05) is 22.8 Å². The summed E-state index contributed by atoms with van der Waals surface area (Å²) >= 11 is 0. The molecule has 12 heavy (non-hydrogen) atoms. The van der Waals surface area contributed by atoms with E-state index in [-0.39, 0.29) is 0 Å². The lowest BCUT2D eigenvalue weighted by Gasteiger charge is -2.14. The summed E-state index contributed by atoms with van der Waals surface area (Å²) in [6.07, 6.45) is -0.996. The van der Waals surface area contributed by atoms with Crippen molar-refractivity contribution in [1.82, 2.24) is 9.62 Å². The molecule has 72 valence electrons. The normalized spacial score (nSPS) is 13.0. The minimum atomic E-state index is -0.996. The zero-order valence-corrected chi connectivity index (χ0v) is 9.04. The Balaban J connectivity index is 3.31. The summed E-state index contributed by atoms with van der Waals surface area (Å²) in [6, 6.07) is 0. The van der Waals surface area contributed by atoms with E-state index in [1.165, 1.54) is 10.8 Å². The highest BCUT2D eigenvalue weighted by molar-refractivity contribution is 8.76. The fourth-order valence-electron chi connectivity index (χ4n) is 0.686. The summed E-state index contributed by atoms with van der Waals surface area (Å²) in [4.78, 5) is 12.1. The maximum atomic E-state index is 10.0. The predicted molar refractivity (Wildman–Crippen MR) is 54.4 cm³/mol. The van der Waals surface area contributed by atoms with Crippen molar-refractivity contribution < 1.29 is 9.90 Å². The highest BCUT2D eigenvalue weighted by Gasteiger charge is 2.05. The molecule has 6 heteroatoms. The van der Waals surface area contributed by atoms with Gasteiger partial charge in [0.2, 0.25) is 0 Å². The van der Waals surface area contributed by atoms with E-state index in [1.807, 2.05) is 14.1 Å². The summed E-state index contributed by atoms with van der Waals surface area (Å²) < 4.78 is 2.23. The van der Waals surface area contributed by atoms with Gasteiger partial charge in [-0.05, 0) is 14.1 Å². The van der Waals surface area contributed by atoms with Gasteiger partial charge in [0.05, 0.1) is 0 Å². The lowest BCUT2D eigenvalue weighted by Crippen LogP contribution is -2.21. The van der Waals surface area contributed by atoms with Gasteiger partial charge in [-0.1, -0.05) is 17.7 Å². The monoisotopic (exact) mass is 210 g/mol. The molecule has 0 spiro atoms. The number of carbonyl (C=O) groups is 1. The van der Waals surface area contributed by atoms with Gasteiger partial charge in [-0.25, -0.2) is 4.79 Å². The summed E-state index contributed by atoms with van der Waals surface area (Å²) in [6.45, 7) is 3.00. The Morgan fingerprint density at radius 3 is 2.67 bits per heavy atom. The van der Waals surface area contributed by atoms with Crippen molar-refractivity contribution in [2.75, 3.05) is 20.6 Å². The van der Waals surface area contributed by atoms with Crippen LogP contribution >= 0.6 is 21.8 Å². The molecule has 0 fully saturated rings. The summed E-state index contributed by atoms with van der Waals surface area (Å²) in [5, 5.41) is 8.67. The molecule has 1 unspecified atom stereocenters. The van der Waals surface area contributed by atoms with Crippen molar-refractivity contribution in [3.8, 4) is 0 Å². The molecule has 0 rings (SSSR count). The van der Waals surface area contributed by atoms with Crippen LogP contribution in [-0.4, -0.2) is 42.0 Å². The van der Waals surface area contributed by atoms with Crippen molar-refractivity contribution in [1.29, 1.82) is 0 Å². The molecular formula is C6H14N2O2S2. The SMILES string of the molecule is CC(CN(C)C)SSNC(=O)O. The third-order valence-corrected chi connectivity index (χ3v) is 3.32. The average Bonchev–Trinajstić information content (AvgIpc) is 1.84. The van der Waals surface area contributed by atoms with Crippen LogP contribution in [0.3, 0.4) is 0 Å². The van der Waals surface area contributed by atoms with Crippen LogP contribution in [0.4, 0.5) is 4.79 Å². The van der Waals surface area contributed by atoms with Gasteiger partial charge >= 0.3 is 6.09 Å². The molecule has 0 saturated heterocycles. The van der Waals surface area contributed by atoms with Gasteiger partial charge in [-0.2, -0.15) is 0 Å². The number of carboxylic acid groups (broad SMARTS) is 1. The quantitative estimate of drug-likeness (QED) is 0.532. The Kier molecular flexibility index (Phi) is 6.41.